The Morgan fingerprint density at radius 1 is 1.28 bits per heavy atom. The molecule has 0 amide bonds. The second kappa shape index (κ2) is 6.83. The second-order valence-corrected chi connectivity index (χ2v) is 5.44. The van der Waals surface area contributed by atoms with Crippen LogP contribution in [0.15, 0.2) is 11.2 Å². The lowest BCUT2D eigenvalue weighted by molar-refractivity contribution is 0.686. The fraction of sp³-hybridized carbons (Fsp3) is 0.692. The molecule has 0 saturated heterocycles. The van der Waals surface area contributed by atoms with E-state index in [1.807, 2.05) is 12.3 Å². The molecule has 1 aliphatic carbocycles. The van der Waals surface area contributed by atoms with E-state index >= 15 is 0 Å². The molecule has 0 atom stereocenters. The zero-order valence-corrected chi connectivity index (χ0v) is 12.0. The molecule has 5 heteroatoms. The maximum Gasteiger partial charge on any atom is 0.191 e. The SMILES string of the molecule is CCNc1cc(NCCCC2CC2)nc(SC)n1. The first-order valence-corrected chi connectivity index (χ1v) is 7.95. The van der Waals surface area contributed by atoms with Crippen LogP contribution in [0.5, 0.6) is 0 Å². The van der Waals surface area contributed by atoms with Crippen LogP contribution in [-0.4, -0.2) is 29.3 Å². The van der Waals surface area contributed by atoms with Crippen LogP contribution in [0.3, 0.4) is 0 Å². The fourth-order valence-corrected chi connectivity index (χ4v) is 2.27. The quantitative estimate of drug-likeness (QED) is 0.430. The summed E-state index contributed by atoms with van der Waals surface area (Å²) in [5, 5.41) is 7.45. The third-order valence-electron chi connectivity index (χ3n) is 3.04. The number of nitrogens with zero attached hydrogens (tertiary/aromatic N) is 2. The summed E-state index contributed by atoms with van der Waals surface area (Å²) in [4.78, 5) is 8.88. The number of aromatic nitrogens is 2. The Labute approximate surface area is 113 Å². The zero-order chi connectivity index (χ0) is 12.8. The monoisotopic (exact) mass is 266 g/mol. The Morgan fingerprint density at radius 3 is 2.61 bits per heavy atom. The molecule has 1 aromatic heterocycles. The number of hydrogen-bond donors (Lipinski definition) is 2. The van der Waals surface area contributed by atoms with Gasteiger partial charge in [-0.05, 0) is 31.9 Å². The molecule has 0 radical (unpaired) electrons. The van der Waals surface area contributed by atoms with Gasteiger partial charge in [0, 0.05) is 19.2 Å². The maximum atomic E-state index is 4.47. The number of rotatable bonds is 8. The molecule has 0 unspecified atom stereocenters. The number of anilines is 2. The highest BCUT2D eigenvalue weighted by atomic mass is 32.2. The number of nitrogens with one attached hydrogen (secondary N) is 2. The number of hydrogen-bond acceptors (Lipinski definition) is 5. The first-order chi connectivity index (χ1) is 8.81. The molecular formula is C13H22N4S. The van der Waals surface area contributed by atoms with Crippen molar-refractivity contribution < 1.29 is 0 Å². The first-order valence-electron chi connectivity index (χ1n) is 6.72. The van der Waals surface area contributed by atoms with Crippen molar-refractivity contribution in [2.75, 3.05) is 30.0 Å². The summed E-state index contributed by atoms with van der Waals surface area (Å²) in [6.45, 7) is 3.96. The van der Waals surface area contributed by atoms with Crippen molar-refractivity contribution in [3.05, 3.63) is 6.07 Å². The van der Waals surface area contributed by atoms with E-state index in [9.17, 15) is 0 Å². The largest absolute Gasteiger partial charge is 0.370 e. The van der Waals surface area contributed by atoms with Crippen molar-refractivity contribution in [1.82, 2.24) is 9.97 Å². The van der Waals surface area contributed by atoms with Gasteiger partial charge < -0.3 is 10.6 Å². The van der Waals surface area contributed by atoms with Gasteiger partial charge in [0.15, 0.2) is 5.16 Å². The van der Waals surface area contributed by atoms with Gasteiger partial charge in [0.05, 0.1) is 0 Å². The van der Waals surface area contributed by atoms with Crippen molar-refractivity contribution in [2.24, 2.45) is 5.92 Å². The minimum absolute atomic E-state index is 0.818. The van der Waals surface area contributed by atoms with Gasteiger partial charge in [-0.2, -0.15) is 0 Å². The van der Waals surface area contributed by atoms with E-state index in [1.165, 1.54) is 25.7 Å². The predicted molar refractivity (Wildman–Crippen MR) is 78.4 cm³/mol. The van der Waals surface area contributed by atoms with Gasteiger partial charge in [0.25, 0.3) is 0 Å². The summed E-state index contributed by atoms with van der Waals surface area (Å²) in [5.74, 6) is 2.85. The van der Waals surface area contributed by atoms with E-state index in [1.54, 1.807) is 11.8 Å². The van der Waals surface area contributed by atoms with Crippen LogP contribution in [0.2, 0.25) is 0 Å². The molecule has 1 heterocycles. The van der Waals surface area contributed by atoms with Crippen molar-refractivity contribution in [3.63, 3.8) is 0 Å². The van der Waals surface area contributed by atoms with E-state index in [2.05, 4.69) is 27.5 Å². The molecule has 4 nitrogen and oxygen atoms in total. The minimum atomic E-state index is 0.818. The van der Waals surface area contributed by atoms with Crippen LogP contribution in [0.4, 0.5) is 11.6 Å². The predicted octanol–water partition coefficient (Wildman–Crippen LogP) is 3.23. The lowest BCUT2D eigenvalue weighted by atomic mass is 10.2. The molecule has 1 aromatic rings. The van der Waals surface area contributed by atoms with E-state index in [0.29, 0.717) is 0 Å². The summed E-state index contributed by atoms with van der Waals surface area (Å²) in [6.07, 6.45) is 7.47. The molecule has 1 saturated carbocycles. The topological polar surface area (TPSA) is 49.8 Å². The molecular weight excluding hydrogens is 244 g/mol. The third-order valence-corrected chi connectivity index (χ3v) is 3.59. The van der Waals surface area contributed by atoms with Gasteiger partial charge >= 0.3 is 0 Å². The molecule has 0 aliphatic heterocycles. The van der Waals surface area contributed by atoms with E-state index < -0.39 is 0 Å². The van der Waals surface area contributed by atoms with Gasteiger partial charge in [0.2, 0.25) is 0 Å². The summed E-state index contributed by atoms with van der Waals surface area (Å²) >= 11 is 1.57. The fourth-order valence-electron chi connectivity index (χ4n) is 1.89. The van der Waals surface area contributed by atoms with Crippen LogP contribution in [-0.2, 0) is 0 Å². The van der Waals surface area contributed by atoms with Crippen molar-refractivity contribution in [3.8, 4) is 0 Å². The average molecular weight is 266 g/mol. The normalized spacial score (nSPS) is 14.6. The molecule has 1 aliphatic rings. The molecule has 1 fully saturated rings. The lowest BCUT2D eigenvalue weighted by Gasteiger charge is -2.09. The molecule has 0 spiro atoms. The minimum Gasteiger partial charge on any atom is -0.370 e. The first kappa shape index (κ1) is 13.5. The van der Waals surface area contributed by atoms with Crippen LogP contribution >= 0.6 is 11.8 Å². The van der Waals surface area contributed by atoms with Gasteiger partial charge in [-0.25, -0.2) is 9.97 Å². The smallest absolute Gasteiger partial charge is 0.191 e. The van der Waals surface area contributed by atoms with Crippen LogP contribution in [0.1, 0.15) is 32.6 Å². The third kappa shape index (κ3) is 4.37. The summed E-state index contributed by atoms with van der Waals surface area (Å²) in [6, 6.07) is 1.99. The highest BCUT2D eigenvalue weighted by molar-refractivity contribution is 7.98. The Balaban J connectivity index is 1.85. The molecule has 100 valence electrons. The Kier molecular flexibility index (Phi) is 5.11. The summed E-state index contributed by atoms with van der Waals surface area (Å²) < 4.78 is 0. The van der Waals surface area contributed by atoms with Crippen molar-refractivity contribution in [1.29, 1.82) is 0 Å². The highest BCUT2D eigenvalue weighted by Crippen LogP contribution is 2.33. The highest BCUT2D eigenvalue weighted by Gasteiger charge is 2.19. The molecule has 18 heavy (non-hydrogen) atoms. The van der Waals surface area contributed by atoms with E-state index in [-0.39, 0.29) is 0 Å². The lowest BCUT2D eigenvalue weighted by Crippen LogP contribution is -2.07. The standard InChI is InChI=1S/C13H22N4S/c1-3-14-11-9-12(17-13(16-11)18-2)15-8-4-5-10-6-7-10/h9-10H,3-8H2,1-2H3,(H2,14,15,16,17). The molecule has 0 aromatic carbocycles. The maximum absolute atomic E-state index is 4.47. The molecule has 0 bridgehead atoms. The van der Waals surface area contributed by atoms with Gasteiger partial charge in [-0.3, -0.25) is 0 Å². The van der Waals surface area contributed by atoms with Crippen molar-refractivity contribution in [2.45, 2.75) is 37.8 Å². The van der Waals surface area contributed by atoms with Crippen LogP contribution in [0.25, 0.3) is 0 Å². The van der Waals surface area contributed by atoms with Crippen LogP contribution in [0, 0.1) is 5.92 Å². The van der Waals surface area contributed by atoms with Crippen LogP contribution < -0.4 is 10.6 Å². The summed E-state index contributed by atoms with van der Waals surface area (Å²) in [5.41, 5.74) is 0. The molecule has 2 rings (SSSR count). The van der Waals surface area contributed by atoms with Gasteiger partial charge in [-0.1, -0.05) is 24.6 Å². The zero-order valence-electron chi connectivity index (χ0n) is 11.2. The summed E-state index contributed by atoms with van der Waals surface area (Å²) in [7, 11) is 0. The van der Waals surface area contributed by atoms with Crippen molar-refractivity contribution >= 4 is 23.4 Å². The van der Waals surface area contributed by atoms with Gasteiger partial charge in [-0.15, -0.1) is 0 Å². The van der Waals surface area contributed by atoms with E-state index in [4.69, 9.17) is 0 Å². The average Bonchev–Trinajstić information content (AvgIpc) is 3.19. The van der Waals surface area contributed by atoms with Gasteiger partial charge in [0.1, 0.15) is 11.6 Å². The van der Waals surface area contributed by atoms with E-state index in [0.717, 1.165) is 35.8 Å². The second-order valence-electron chi connectivity index (χ2n) is 4.67. The number of thioether (sulfide) groups is 1. The Morgan fingerprint density at radius 2 is 2.00 bits per heavy atom. The Bertz CT molecular complexity index is 379. The molecule has 2 N–H and O–H groups in total. The Hall–Kier alpha value is -0.970.